The van der Waals surface area contributed by atoms with E-state index in [0.29, 0.717) is 0 Å². The molecule has 1 atom stereocenters. The molecule has 5 heteroatoms. The summed E-state index contributed by atoms with van der Waals surface area (Å²) >= 11 is 0. The van der Waals surface area contributed by atoms with E-state index in [0.717, 1.165) is 64.2 Å². The molecule has 4 aromatic rings. The third-order valence-electron chi connectivity index (χ3n) is 6.27. The van der Waals surface area contributed by atoms with E-state index in [-0.39, 0.29) is 11.9 Å². The van der Waals surface area contributed by atoms with Crippen LogP contribution in [0.25, 0.3) is 22.2 Å². The fraction of sp³-hybridized carbons (Fsp3) is 0.259. The molecule has 1 unspecified atom stereocenters. The quantitative estimate of drug-likeness (QED) is 0.447. The van der Waals surface area contributed by atoms with Crippen molar-refractivity contribution in [2.24, 2.45) is 0 Å². The van der Waals surface area contributed by atoms with Gasteiger partial charge in [0.25, 0.3) is 5.91 Å². The van der Waals surface area contributed by atoms with Gasteiger partial charge in [-0.15, -0.1) is 0 Å². The molecule has 1 aliphatic heterocycles. The third-order valence-corrected chi connectivity index (χ3v) is 6.27. The SMILES string of the molecule is COc1ccc2nc(C3CCCN3C(=O)c3cc(C)ccc3-c3cccc(C)c3)[nH]c2c1. The van der Waals surface area contributed by atoms with E-state index in [9.17, 15) is 4.79 Å². The van der Waals surface area contributed by atoms with Crippen molar-refractivity contribution in [3.05, 3.63) is 83.2 Å². The van der Waals surface area contributed by atoms with Crippen LogP contribution in [-0.4, -0.2) is 34.4 Å². The Balaban J connectivity index is 1.52. The first-order chi connectivity index (χ1) is 15.5. The van der Waals surface area contributed by atoms with Gasteiger partial charge in [-0.25, -0.2) is 4.98 Å². The van der Waals surface area contributed by atoms with Gasteiger partial charge in [0.05, 0.1) is 24.2 Å². The molecular weight excluding hydrogens is 398 g/mol. The molecule has 1 N–H and O–H groups in total. The average molecular weight is 426 g/mol. The fourth-order valence-electron chi connectivity index (χ4n) is 4.64. The lowest BCUT2D eigenvalue weighted by Gasteiger charge is -2.25. The van der Waals surface area contributed by atoms with Crippen LogP contribution in [-0.2, 0) is 0 Å². The zero-order valence-electron chi connectivity index (χ0n) is 18.7. The molecule has 0 aliphatic carbocycles. The maximum absolute atomic E-state index is 13.8. The Morgan fingerprint density at radius 3 is 2.72 bits per heavy atom. The van der Waals surface area contributed by atoms with Gasteiger partial charge in [-0.1, -0.05) is 47.5 Å². The van der Waals surface area contributed by atoms with E-state index in [1.54, 1.807) is 7.11 Å². The van der Waals surface area contributed by atoms with Crippen LogP contribution in [0, 0.1) is 13.8 Å². The van der Waals surface area contributed by atoms with Gasteiger partial charge in [0.1, 0.15) is 11.6 Å². The van der Waals surface area contributed by atoms with E-state index >= 15 is 0 Å². The molecule has 1 saturated heterocycles. The second-order valence-corrected chi connectivity index (χ2v) is 8.58. The normalized spacial score (nSPS) is 16.0. The smallest absolute Gasteiger partial charge is 0.255 e. The largest absolute Gasteiger partial charge is 0.497 e. The number of aryl methyl sites for hydroxylation is 2. The number of imidazole rings is 1. The lowest BCUT2D eigenvalue weighted by Crippen LogP contribution is -2.31. The molecule has 1 fully saturated rings. The first kappa shape index (κ1) is 20.3. The number of hydrogen-bond acceptors (Lipinski definition) is 3. The molecule has 162 valence electrons. The second kappa shape index (κ2) is 8.15. The Labute approximate surface area is 188 Å². The Kier molecular flexibility index (Phi) is 5.17. The van der Waals surface area contributed by atoms with E-state index < -0.39 is 0 Å². The van der Waals surface area contributed by atoms with Gasteiger partial charge in [-0.2, -0.15) is 0 Å². The van der Waals surface area contributed by atoms with Gasteiger partial charge < -0.3 is 14.6 Å². The Morgan fingerprint density at radius 2 is 1.91 bits per heavy atom. The summed E-state index contributed by atoms with van der Waals surface area (Å²) in [6.45, 7) is 4.84. The Hall–Kier alpha value is -3.60. The Morgan fingerprint density at radius 1 is 1.06 bits per heavy atom. The predicted octanol–water partition coefficient (Wildman–Crippen LogP) is 5.83. The van der Waals surface area contributed by atoms with Crippen molar-refractivity contribution in [2.75, 3.05) is 13.7 Å². The predicted molar refractivity (Wildman–Crippen MR) is 127 cm³/mol. The van der Waals surface area contributed by atoms with Crippen molar-refractivity contribution in [3.8, 4) is 16.9 Å². The zero-order chi connectivity index (χ0) is 22.2. The standard InChI is InChI=1S/C27H27N3O2/c1-17-6-4-7-19(14-17)21-11-9-18(2)15-22(21)27(31)30-13-5-8-25(30)26-28-23-12-10-20(32-3)16-24(23)29-26/h4,6-7,9-12,14-16,25H,5,8,13H2,1-3H3,(H,28,29). The number of aromatic amines is 1. The minimum atomic E-state index is -0.0632. The molecule has 0 spiro atoms. The highest BCUT2D eigenvalue weighted by molar-refractivity contribution is 6.01. The van der Waals surface area contributed by atoms with Crippen LogP contribution < -0.4 is 4.74 Å². The molecule has 32 heavy (non-hydrogen) atoms. The number of carbonyl (C=O) groups is 1. The topological polar surface area (TPSA) is 58.2 Å². The van der Waals surface area contributed by atoms with Crippen molar-refractivity contribution in [2.45, 2.75) is 32.7 Å². The maximum atomic E-state index is 13.8. The van der Waals surface area contributed by atoms with Crippen LogP contribution >= 0.6 is 0 Å². The van der Waals surface area contributed by atoms with Crippen LogP contribution in [0.5, 0.6) is 5.75 Å². The number of nitrogens with zero attached hydrogens (tertiary/aromatic N) is 2. The summed E-state index contributed by atoms with van der Waals surface area (Å²) in [6, 6.07) is 20.2. The van der Waals surface area contributed by atoms with E-state index in [1.165, 1.54) is 5.56 Å². The van der Waals surface area contributed by atoms with E-state index in [2.05, 4.69) is 42.2 Å². The molecule has 5 rings (SSSR count). The molecule has 0 saturated carbocycles. The summed E-state index contributed by atoms with van der Waals surface area (Å²) in [5.41, 5.74) is 6.87. The minimum Gasteiger partial charge on any atom is -0.497 e. The molecule has 5 nitrogen and oxygen atoms in total. The molecule has 1 aliphatic rings. The van der Waals surface area contributed by atoms with Crippen molar-refractivity contribution in [3.63, 3.8) is 0 Å². The number of amides is 1. The highest BCUT2D eigenvalue weighted by Crippen LogP contribution is 2.35. The number of methoxy groups -OCH3 is 1. The molecule has 2 heterocycles. The first-order valence-corrected chi connectivity index (χ1v) is 11.1. The molecule has 1 aromatic heterocycles. The Bertz CT molecular complexity index is 1310. The van der Waals surface area contributed by atoms with Crippen molar-refractivity contribution in [1.82, 2.24) is 14.9 Å². The highest BCUT2D eigenvalue weighted by Gasteiger charge is 2.33. The molecule has 1 amide bonds. The number of likely N-dealkylation sites (tertiary alicyclic amines) is 1. The van der Waals surface area contributed by atoms with Gasteiger partial charge >= 0.3 is 0 Å². The van der Waals surface area contributed by atoms with E-state index in [4.69, 9.17) is 9.72 Å². The van der Waals surface area contributed by atoms with Gasteiger partial charge in [0.15, 0.2) is 0 Å². The summed E-state index contributed by atoms with van der Waals surface area (Å²) in [4.78, 5) is 24.0. The number of nitrogens with one attached hydrogen (secondary N) is 1. The van der Waals surface area contributed by atoms with Crippen molar-refractivity contribution in [1.29, 1.82) is 0 Å². The monoisotopic (exact) mass is 425 g/mol. The van der Waals surface area contributed by atoms with Gasteiger partial charge in [0, 0.05) is 18.2 Å². The van der Waals surface area contributed by atoms with Crippen molar-refractivity contribution < 1.29 is 9.53 Å². The van der Waals surface area contributed by atoms with Gasteiger partial charge in [0.2, 0.25) is 0 Å². The van der Waals surface area contributed by atoms with Crippen LogP contribution in [0.15, 0.2) is 60.7 Å². The second-order valence-electron chi connectivity index (χ2n) is 8.58. The summed E-state index contributed by atoms with van der Waals surface area (Å²) in [7, 11) is 1.66. The number of carbonyl (C=O) groups excluding carboxylic acids is 1. The fourth-order valence-corrected chi connectivity index (χ4v) is 4.64. The van der Waals surface area contributed by atoms with Crippen LogP contribution in [0.1, 0.15) is 46.2 Å². The number of ether oxygens (including phenoxy) is 1. The summed E-state index contributed by atoms with van der Waals surface area (Å²) < 4.78 is 5.34. The lowest BCUT2D eigenvalue weighted by molar-refractivity contribution is 0.0731. The first-order valence-electron chi connectivity index (χ1n) is 11.1. The molecule has 0 radical (unpaired) electrons. The van der Waals surface area contributed by atoms with E-state index in [1.807, 2.05) is 42.2 Å². The highest BCUT2D eigenvalue weighted by atomic mass is 16.5. The molecule has 0 bridgehead atoms. The number of rotatable bonds is 4. The number of H-pyrrole nitrogens is 1. The van der Waals surface area contributed by atoms with Crippen molar-refractivity contribution >= 4 is 16.9 Å². The third kappa shape index (κ3) is 3.64. The summed E-state index contributed by atoms with van der Waals surface area (Å²) in [6.07, 6.45) is 1.86. The lowest BCUT2D eigenvalue weighted by atomic mass is 9.95. The van der Waals surface area contributed by atoms with Crippen LogP contribution in [0.2, 0.25) is 0 Å². The molecule has 3 aromatic carbocycles. The minimum absolute atomic E-state index is 0.0609. The average Bonchev–Trinajstić information content (AvgIpc) is 3.44. The van der Waals surface area contributed by atoms with Gasteiger partial charge in [-0.05, 0) is 56.0 Å². The number of hydrogen-bond donors (Lipinski definition) is 1. The summed E-state index contributed by atoms with van der Waals surface area (Å²) in [5.74, 6) is 1.68. The van der Waals surface area contributed by atoms with Gasteiger partial charge in [-0.3, -0.25) is 4.79 Å². The number of aromatic nitrogens is 2. The maximum Gasteiger partial charge on any atom is 0.255 e. The van der Waals surface area contributed by atoms with Crippen LogP contribution in [0.4, 0.5) is 0 Å². The number of benzene rings is 3. The zero-order valence-corrected chi connectivity index (χ0v) is 18.7. The van der Waals surface area contributed by atoms with Crippen LogP contribution in [0.3, 0.4) is 0 Å². The molecular formula is C27H27N3O2. The summed E-state index contributed by atoms with van der Waals surface area (Å²) in [5, 5.41) is 0. The number of fused-ring (bicyclic) bond motifs is 1.